The molecule has 0 spiro atoms. The van der Waals surface area contributed by atoms with Crippen LogP contribution in [0, 0.1) is 0 Å². The largest absolute Gasteiger partial charge is 0.309 e. The second kappa shape index (κ2) is 13.0. The van der Waals surface area contributed by atoms with E-state index < -0.39 is 0 Å². The summed E-state index contributed by atoms with van der Waals surface area (Å²) in [5, 5.41) is 13.0. The Kier molecular flexibility index (Phi) is 7.05. The molecular weight excluding hydrogens is 767 g/mol. The van der Waals surface area contributed by atoms with E-state index in [0.29, 0.717) is 5.82 Å². The quantitative estimate of drug-likeness (QED) is 0.178. The molecule has 0 fully saturated rings. The fraction of sp³-hybridized carbons (Fsp3) is 0. The summed E-state index contributed by atoms with van der Waals surface area (Å²) in [6, 6.07) is 76.6. The first-order valence-corrected chi connectivity index (χ1v) is 21.5. The van der Waals surface area contributed by atoms with Gasteiger partial charge in [0.15, 0.2) is 5.82 Å². The monoisotopic (exact) mass is 801 g/mol. The molecular formula is C58H35N5. The minimum Gasteiger partial charge on any atom is -0.309 e. The number of benzene rings is 10. The summed E-state index contributed by atoms with van der Waals surface area (Å²) in [7, 11) is 0. The molecule has 0 radical (unpaired) electrons. The van der Waals surface area contributed by atoms with Crippen molar-refractivity contribution in [1.29, 1.82) is 0 Å². The zero-order valence-electron chi connectivity index (χ0n) is 33.9. The fourth-order valence-corrected chi connectivity index (χ4v) is 10.5. The van der Waals surface area contributed by atoms with Crippen LogP contribution in [0.4, 0.5) is 0 Å². The van der Waals surface area contributed by atoms with Gasteiger partial charge in [0, 0.05) is 59.7 Å². The van der Waals surface area contributed by atoms with Gasteiger partial charge in [-0.1, -0.05) is 146 Å². The minimum atomic E-state index is 0.683. The van der Waals surface area contributed by atoms with Crippen molar-refractivity contribution < 1.29 is 0 Å². The van der Waals surface area contributed by atoms with E-state index >= 15 is 0 Å². The molecule has 292 valence electrons. The lowest BCUT2D eigenvalue weighted by molar-refractivity contribution is 1.08. The van der Waals surface area contributed by atoms with Crippen molar-refractivity contribution >= 4 is 97.9 Å². The average molecular weight is 802 g/mol. The third-order valence-electron chi connectivity index (χ3n) is 13.2. The molecule has 0 unspecified atom stereocenters. The topological polar surface area (TPSA) is 40.6 Å². The van der Waals surface area contributed by atoms with E-state index in [-0.39, 0.29) is 0 Å². The van der Waals surface area contributed by atoms with E-state index in [1.807, 2.05) is 0 Å². The molecule has 14 aromatic rings. The molecule has 0 amide bonds. The molecule has 4 aromatic heterocycles. The highest BCUT2D eigenvalue weighted by Crippen LogP contribution is 2.45. The van der Waals surface area contributed by atoms with Crippen LogP contribution in [-0.4, -0.2) is 23.7 Å². The smallest absolute Gasteiger partial charge is 0.162 e. The molecule has 0 saturated carbocycles. The number of hydrogen-bond acceptors (Lipinski definition) is 2. The fourth-order valence-electron chi connectivity index (χ4n) is 10.5. The van der Waals surface area contributed by atoms with Crippen LogP contribution in [0.3, 0.4) is 0 Å². The van der Waals surface area contributed by atoms with E-state index in [1.54, 1.807) is 0 Å². The van der Waals surface area contributed by atoms with Gasteiger partial charge in [-0.15, -0.1) is 0 Å². The standard InChI is InChI=1S/C58H35N5/c1-2-18-39(19-3-1)61-49-27-13-10-23-43(49)47-34-38(31-33-52(47)61)57-59-48-26-12-8-24-45(48)58(60-57)62-51-29-15-11-25-46(51)54-53(62)35-37-17-5-7-21-41(37)56(54)63-50-28-14-9-22-42(50)44-32-30-36-16-4-6-20-40(36)55(44)63/h1-35H. The van der Waals surface area contributed by atoms with E-state index in [4.69, 9.17) is 9.97 Å². The third-order valence-corrected chi connectivity index (χ3v) is 13.2. The molecule has 0 saturated heterocycles. The summed E-state index contributed by atoms with van der Waals surface area (Å²) in [6.07, 6.45) is 0. The first-order valence-electron chi connectivity index (χ1n) is 21.5. The molecule has 0 aliphatic heterocycles. The molecule has 63 heavy (non-hydrogen) atoms. The summed E-state index contributed by atoms with van der Waals surface area (Å²) in [4.78, 5) is 10.9. The summed E-state index contributed by atoms with van der Waals surface area (Å²) < 4.78 is 7.28. The van der Waals surface area contributed by atoms with Gasteiger partial charge in [0.1, 0.15) is 5.82 Å². The van der Waals surface area contributed by atoms with Crippen molar-refractivity contribution in [1.82, 2.24) is 23.7 Å². The highest BCUT2D eigenvalue weighted by atomic mass is 15.1. The Morgan fingerprint density at radius 3 is 1.70 bits per heavy atom. The van der Waals surface area contributed by atoms with Gasteiger partial charge in [-0.25, -0.2) is 9.97 Å². The molecule has 0 aliphatic rings. The summed E-state index contributed by atoms with van der Waals surface area (Å²) in [6.45, 7) is 0. The summed E-state index contributed by atoms with van der Waals surface area (Å²) >= 11 is 0. The number of nitrogens with zero attached hydrogens (tertiary/aromatic N) is 5. The lowest BCUT2D eigenvalue weighted by Crippen LogP contribution is -2.03. The van der Waals surface area contributed by atoms with Crippen LogP contribution in [-0.2, 0) is 0 Å². The van der Waals surface area contributed by atoms with Crippen LogP contribution in [0.5, 0.6) is 0 Å². The molecule has 0 N–H and O–H groups in total. The van der Waals surface area contributed by atoms with Crippen LogP contribution in [0.15, 0.2) is 212 Å². The Balaban J connectivity index is 1.10. The number of para-hydroxylation sites is 5. The molecule has 5 nitrogen and oxygen atoms in total. The van der Waals surface area contributed by atoms with Crippen LogP contribution < -0.4 is 0 Å². The maximum atomic E-state index is 5.62. The Hall–Kier alpha value is -8.54. The van der Waals surface area contributed by atoms with Crippen LogP contribution in [0.25, 0.3) is 126 Å². The summed E-state index contributed by atoms with van der Waals surface area (Å²) in [5.41, 5.74) is 11.0. The first-order chi connectivity index (χ1) is 31.3. The highest BCUT2D eigenvalue weighted by molar-refractivity contribution is 6.25. The zero-order chi connectivity index (χ0) is 41.2. The zero-order valence-corrected chi connectivity index (χ0v) is 33.9. The predicted molar refractivity (Wildman–Crippen MR) is 263 cm³/mol. The van der Waals surface area contributed by atoms with Crippen molar-refractivity contribution in [3.63, 3.8) is 0 Å². The van der Waals surface area contributed by atoms with Crippen LogP contribution in [0.2, 0.25) is 0 Å². The average Bonchev–Trinajstić information content (AvgIpc) is 3.99. The lowest BCUT2D eigenvalue weighted by atomic mass is 10.0. The number of aromatic nitrogens is 5. The maximum Gasteiger partial charge on any atom is 0.162 e. The molecule has 0 bridgehead atoms. The minimum absolute atomic E-state index is 0.683. The molecule has 10 aromatic carbocycles. The third kappa shape index (κ3) is 4.82. The Labute approximate surface area is 360 Å². The van der Waals surface area contributed by atoms with Crippen molar-refractivity contribution in [2.45, 2.75) is 0 Å². The van der Waals surface area contributed by atoms with Gasteiger partial charge in [0.05, 0.1) is 44.3 Å². The maximum absolute atomic E-state index is 5.62. The molecule has 5 heteroatoms. The number of hydrogen-bond donors (Lipinski definition) is 0. The molecule has 14 rings (SSSR count). The molecule has 0 atom stereocenters. The number of rotatable bonds is 4. The second-order valence-electron chi connectivity index (χ2n) is 16.5. The van der Waals surface area contributed by atoms with Gasteiger partial charge in [0.2, 0.25) is 0 Å². The lowest BCUT2D eigenvalue weighted by Gasteiger charge is -2.16. The van der Waals surface area contributed by atoms with Gasteiger partial charge >= 0.3 is 0 Å². The van der Waals surface area contributed by atoms with Crippen LogP contribution >= 0.6 is 0 Å². The molecule has 0 aliphatic carbocycles. The van der Waals surface area contributed by atoms with Crippen molar-refractivity contribution in [2.75, 3.05) is 0 Å². The Morgan fingerprint density at radius 2 is 0.905 bits per heavy atom. The molecule has 4 heterocycles. The Morgan fingerprint density at radius 1 is 0.317 bits per heavy atom. The van der Waals surface area contributed by atoms with Gasteiger partial charge < -0.3 is 9.13 Å². The van der Waals surface area contributed by atoms with E-state index in [1.165, 1.54) is 65.3 Å². The first kappa shape index (κ1) is 34.2. The Bertz CT molecular complexity index is 4210. The summed E-state index contributed by atoms with van der Waals surface area (Å²) in [5.74, 6) is 1.53. The van der Waals surface area contributed by atoms with E-state index in [9.17, 15) is 0 Å². The van der Waals surface area contributed by atoms with Crippen molar-refractivity contribution in [3.8, 4) is 28.6 Å². The highest BCUT2D eigenvalue weighted by Gasteiger charge is 2.25. The van der Waals surface area contributed by atoms with Crippen molar-refractivity contribution in [3.05, 3.63) is 212 Å². The van der Waals surface area contributed by atoms with E-state index in [2.05, 4.69) is 226 Å². The van der Waals surface area contributed by atoms with Crippen LogP contribution in [0.1, 0.15) is 0 Å². The van der Waals surface area contributed by atoms with Gasteiger partial charge in [-0.05, 0) is 77.5 Å². The SMILES string of the molecule is c1ccc(-n2c3ccccc3c3cc(-c4nc(-n5c6ccccc6c6c(-n7c8ccccc8c8ccc9ccccc9c87)c7ccccc7cc65)c5ccccc5n4)ccc32)cc1. The van der Waals surface area contributed by atoms with Gasteiger partial charge in [-0.2, -0.15) is 0 Å². The number of fused-ring (bicyclic) bond motifs is 13. The van der Waals surface area contributed by atoms with Crippen molar-refractivity contribution in [2.24, 2.45) is 0 Å². The normalized spacial score (nSPS) is 12.1. The van der Waals surface area contributed by atoms with Gasteiger partial charge in [0.25, 0.3) is 0 Å². The second-order valence-corrected chi connectivity index (χ2v) is 16.5. The van der Waals surface area contributed by atoms with Gasteiger partial charge in [-0.3, -0.25) is 4.57 Å². The van der Waals surface area contributed by atoms with E-state index in [0.717, 1.165) is 55.3 Å². The predicted octanol–water partition coefficient (Wildman–Crippen LogP) is 14.9.